The van der Waals surface area contributed by atoms with Crippen LogP contribution < -0.4 is 9.75 Å². The summed E-state index contributed by atoms with van der Waals surface area (Å²) in [4.78, 5) is 8.82. The molecule has 5 rings (SSSR count). The van der Waals surface area contributed by atoms with Gasteiger partial charge in [-0.2, -0.15) is 23.3 Å². The van der Waals surface area contributed by atoms with Crippen molar-refractivity contribution < 1.29 is 37.3 Å². The molecule has 3 aromatic rings. The summed E-state index contributed by atoms with van der Waals surface area (Å²) in [6, 6.07) is 14.5. The van der Waals surface area contributed by atoms with E-state index in [2.05, 4.69) is 53.0 Å². The van der Waals surface area contributed by atoms with Crippen molar-refractivity contribution in [2.45, 2.75) is 57.2 Å². The van der Waals surface area contributed by atoms with E-state index in [1.165, 1.54) is 55.9 Å². The van der Waals surface area contributed by atoms with Gasteiger partial charge in [0.15, 0.2) is 6.20 Å². The van der Waals surface area contributed by atoms with E-state index in [9.17, 15) is 0 Å². The third-order valence-corrected chi connectivity index (χ3v) is 12.5. The van der Waals surface area contributed by atoms with Crippen molar-refractivity contribution >= 4 is 21.7 Å². The van der Waals surface area contributed by atoms with Gasteiger partial charge < -0.3 is 9.97 Å². The van der Waals surface area contributed by atoms with Gasteiger partial charge >= 0.3 is 0 Å². The summed E-state index contributed by atoms with van der Waals surface area (Å²) in [6.45, 7) is 2.08. The summed E-state index contributed by atoms with van der Waals surface area (Å²) in [7, 11) is 0.917. The third-order valence-electron chi connectivity index (χ3n) is 7.01. The second-order valence-corrected chi connectivity index (χ2v) is 13.4. The van der Waals surface area contributed by atoms with E-state index in [4.69, 9.17) is 0 Å². The molecule has 6 heteroatoms. The van der Waals surface area contributed by atoms with Crippen LogP contribution in [0.1, 0.15) is 36.9 Å². The fourth-order valence-corrected chi connectivity index (χ4v) is 11.1. The van der Waals surface area contributed by atoms with Crippen LogP contribution in [0.15, 0.2) is 36.8 Å². The molecule has 0 amide bonds. The van der Waals surface area contributed by atoms with Gasteiger partial charge in [0.2, 0.25) is 0 Å². The van der Waals surface area contributed by atoms with Crippen molar-refractivity contribution in [3.05, 3.63) is 60.3 Å². The van der Waals surface area contributed by atoms with Gasteiger partial charge in [-0.05, 0) is 29.3 Å². The van der Waals surface area contributed by atoms with Crippen LogP contribution in [0.25, 0.3) is 22.4 Å². The first-order chi connectivity index (χ1) is 14.2. The van der Waals surface area contributed by atoms with Crippen molar-refractivity contribution in [2.75, 3.05) is 0 Å². The predicted molar refractivity (Wildman–Crippen MR) is 124 cm³/mol. The molecule has 1 fully saturated rings. The molecule has 1 spiro atoms. The molecule has 31 heavy (non-hydrogen) atoms. The van der Waals surface area contributed by atoms with E-state index < -0.39 is 8.07 Å². The topological polar surface area (TPSA) is 29.7 Å². The van der Waals surface area contributed by atoms with E-state index >= 15 is 0 Å². The zero-order chi connectivity index (χ0) is 19.8. The maximum Gasteiger partial charge on any atom is 0.161 e. The number of fused-ring (bicyclic) bond motifs is 2. The summed E-state index contributed by atoms with van der Waals surface area (Å²) in [5, 5.41) is 1.75. The zero-order valence-electron chi connectivity index (χ0n) is 18.6. The van der Waals surface area contributed by atoms with Gasteiger partial charge in [-0.15, -0.1) is 6.07 Å². The standard InChI is InChI=1S/C25H28N3Si.B.Y/c1-19-23(14-22(17-27-19)21-8-6-10-26-16-21)24-15-20-9-7-13-29(11-4-3-5-12-29)25(20)18-28(24)2;;/h6,8,10,15,17-18H,3-5,7,9,11-13H2,1-2H3;;/q-1;;. The van der Waals surface area contributed by atoms with E-state index in [1.807, 2.05) is 18.3 Å². The van der Waals surface area contributed by atoms with E-state index in [0.717, 1.165) is 22.4 Å². The average molecular weight is 498 g/mol. The van der Waals surface area contributed by atoms with Gasteiger partial charge in [0.1, 0.15) is 12.7 Å². The fraction of sp³-hybridized carbons (Fsp3) is 0.400. The maximum absolute atomic E-state index is 4.68. The molecule has 1 saturated heterocycles. The number of pyridine rings is 3. The largest absolute Gasteiger partial charge is 0.369 e. The number of aryl methyl sites for hydroxylation is 3. The fourth-order valence-electron chi connectivity index (χ4n) is 5.47. The maximum atomic E-state index is 4.68. The Kier molecular flexibility index (Phi) is 8.04. The molecule has 0 aromatic carbocycles. The van der Waals surface area contributed by atoms with Gasteiger partial charge in [-0.1, -0.05) is 69.3 Å². The van der Waals surface area contributed by atoms with E-state index in [1.54, 1.807) is 16.9 Å². The summed E-state index contributed by atoms with van der Waals surface area (Å²) >= 11 is 0. The molecule has 0 saturated carbocycles. The first kappa shape index (κ1) is 24.5. The van der Waals surface area contributed by atoms with Gasteiger partial charge in [0.05, 0.1) is 8.07 Å². The Hall–Kier alpha value is -1.16. The monoisotopic (exact) mass is 498 g/mol. The summed E-state index contributed by atoms with van der Waals surface area (Å²) in [5.74, 6) is 0. The Balaban J connectivity index is 0.00000136. The van der Waals surface area contributed by atoms with Crippen molar-refractivity contribution in [2.24, 2.45) is 7.05 Å². The zero-order valence-corrected chi connectivity index (χ0v) is 22.5. The first-order valence-electron chi connectivity index (χ1n) is 10.9. The SMILES string of the molecule is Cc1ncc(-c2[c-]nccc2)[c-]c1-c1cc2c(c[n+]1C)[Si]1(CCCCC1)CCC2.[B].[Y]. The van der Waals surface area contributed by atoms with Crippen molar-refractivity contribution in [1.29, 1.82) is 0 Å². The van der Waals surface area contributed by atoms with E-state index in [0.29, 0.717) is 0 Å². The van der Waals surface area contributed by atoms with Crippen LogP contribution in [0.5, 0.6) is 0 Å². The number of nitrogens with zero attached hydrogens (tertiary/aromatic N) is 3. The Bertz CT molecular complexity index is 1050. The second-order valence-electron chi connectivity index (χ2n) is 8.82. The minimum absolute atomic E-state index is 0. The molecule has 2 aliphatic rings. The number of rotatable bonds is 2. The minimum Gasteiger partial charge on any atom is -0.369 e. The molecular weight excluding hydrogens is 470 g/mol. The first-order valence-corrected chi connectivity index (χ1v) is 13.5. The predicted octanol–water partition coefficient (Wildman–Crippen LogP) is 3.95. The molecule has 3 aromatic heterocycles. The second kappa shape index (κ2) is 10.2. The minimum atomic E-state index is -1.28. The van der Waals surface area contributed by atoms with Gasteiger partial charge in [-0.25, -0.2) is 4.57 Å². The summed E-state index contributed by atoms with van der Waals surface area (Å²) in [6.07, 6.45) is 16.1. The van der Waals surface area contributed by atoms with Crippen LogP contribution in [0.2, 0.25) is 18.1 Å². The molecule has 0 bridgehead atoms. The molecule has 3 nitrogen and oxygen atoms in total. The van der Waals surface area contributed by atoms with Gasteiger partial charge in [0.25, 0.3) is 0 Å². The number of hydrogen-bond acceptors (Lipinski definition) is 2. The average Bonchev–Trinajstić information content (AvgIpc) is 2.76. The van der Waals surface area contributed by atoms with Crippen LogP contribution in [0, 0.1) is 19.2 Å². The van der Waals surface area contributed by atoms with Crippen molar-refractivity contribution in [3.63, 3.8) is 0 Å². The van der Waals surface area contributed by atoms with Crippen LogP contribution in [0.3, 0.4) is 0 Å². The molecule has 0 aliphatic carbocycles. The van der Waals surface area contributed by atoms with Gasteiger partial charge in [0, 0.05) is 46.3 Å². The van der Waals surface area contributed by atoms with E-state index in [-0.39, 0.29) is 41.1 Å². The molecule has 5 heterocycles. The molecule has 0 unspecified atom stereocenters. The Morgan fingerprint density at radius 3 is 2.58 bits per heavy atom. The Labute approximate surface area is 214 Å². The third kappa shape index (κ3) is 4.65. The molecule has 2 aliphatic heterocycles. The molecule has 0 atom stereocenters. The van der Waals surface area contributed by atoms with Crippen molar-refractivity contribution in [1.82, 2.24) is 9.97 Å². The molecular formula is C25H28BN3SiY-. The Morgan fingerprint density at radius 1 is 1.06 bits per heavy atom. The number of aromatic nitrogens is 3. The molecule has 0 N–H and O–H groups in total. The Morgan fingerprint density at radius 2 is 1.84 bits per heavy atom. The summed E-state index contributed by atoms with van der Waals surface area (Å²) < 4.78 is 2.34. The summed E-state index contributed by atoms with van der Waals surface area (Å²) in [5.41, 5.74) is 6.83. The smallest absolute Gasteiger partial charge is 0.161 e. The van der Waals surface area contributed by atoms with Crippen LogP contribution in [-0.2, 0) is 46.2 Å². The van der Waals surface area contributed by atoms with Crippen LogP contribution >= 0.6 is 0 Å². The molecule has 4 radical (unpaired) electrons. The van der Waals surface area contributed by atoms with Gasteiger partial charge in [-0.3, -0.25) is 0 Å². The normalized spacial score (nSPS) is 16.7. The van der Waals surface area contributed by atoms with Crippen molar-refractivity contribution in [3.8, 4) is 22.4 Å². The quantitative estimate of drug-likeness (QED) is 0.305. The van der Waals surface area contributed by atoms with Crippen LogP contribution in [0.4, 0.5) is 0 Å². The molecule has 154 valence electrons. The van der Waals surface area contributed by atoms with Crippen LogP contribution in [-0.4, -0.2) is 26.5 Å². The number of hydrogen-bond donors (Lipinski definition) is 0.